The van der Waals surface area contributed by atoms with Crippen molar-refractivity contribution < 1.29 is 23.5 Å². The third-order valence-corrected chi connectivity index (χ3v) is 12.8. The van der Waals surface area contributed by atoms with Crippen LogP contribution in [0.1, 0.15) is 95.9 Å². The molecule has 9 rings (SSSR count). The van der Waals surface area contributed by atoms with Crippen LogP contribution in [0, 0.1) is 18.6 Å². The number of carbonyl (C=O) groups excluding carboxylic acids is 2. The molecule has 0 radical (unpaired) electrons. The Morgan fingerprint density at radius 3 is 2.53 bits per heavy atom. The molecule has 0 bridgehead atoms. The van der Waals surface area contributed by atoms with Gasteiger partial charge in [-0.1, -0.05) is 36.2 Å². The highest BCUT2D eigenvalue weighted by atomic mass is 35.5. The second kappa shape index (κ2) is 14.1. The highest BCUT2D eigenvalue weighted by molar-refractivity contribution is 6.33. The summed E-state index contributed by atoms with van der Waals surface area (Å²) in [6, 6.07) is 6.06. The van der Waals surface area contributed by atoms with Gasteiger partial charge in [-0.25, -0.2) is 18.7 Å². The number of carbonyl (C=O) groups is 2. The highest BCUT2D eigenvalue weighted by Crippen LogP contribution is 2.51. The zero-order valence-electron chi connectivity index (χ0n) is 31.3. The number of hydrogen-bond donors (Lipinski definition) is 2. The first kappa shape index (κ1) is 37.6. The summed E-state index contributed by atoms with van der Waals surface area (Å²) in [4.78, 5) is 58.5. The van der Waals surface area contributed by atoms with Crippen molar-refractivity contribution in [2.24, 2.45) is 0 Å². The van der Waals surface area contributed by atoms with E-state index in [9.17, 15) is 19.5 Å². The molecule has 2 N–H and O–H groups in total. The number of benzene rings is 2. The van der Waals surface area contributed by atoms with Gasteiger partial charge in [-0.3, -0.25) is 19.3 Å². The Morgan fingerprint density at radius 2 is 1.82 bits per heavy atom. The van der Waals surface area contributed by atoms with Gasteiger partial charge in [0.15, 0.2) is 23.1 Å². The number of piperidine rings is 1. The highest BCUT2D eigenvalue weighted by Gasteiger charge is 2.49. The first-order valence-electron chi connectivity index (χ1n) is 19.2. The molecule has 1 spiro atoms. The maximum atomic E-state index is 16.0. The lowest BCUT2D eigenvalue weighted by molar-refractivity contribution is -0.116. The van der Waals surface area contributed by atoms with Crippen molar-refractivity contribution >= 4 is 46.5 Å². The molecule has 2 amide bonds. The minimum absolute atomic E-state index is 0.00224. The van der Waals surface area contributed by atoms with E-state index in [0.717, 1.165) is 36.9 Å². The van der Waals surface area contributed by atoms with E-state index in [2.05, 4.69) is 30.3 Å². The first-order chi connectivity index (χ1) is 27.3. The van der Waals surface area contributed by atoms with Crippen LogP contribution in [0.25, 0.3) is 17.2 Å². The Bertz CT molecular complexity index is 2560. The molecule has 5 aromatic rings. The van der Waals surface area contributed by atoms with Crippen molar-refractivity contribution in [3.63, 3.8) is 0 Å². The van der Waals surface area contributed by atoms with Crippen molar-refractivity contribution in [1.82, 2.24) is 38.9 Å². The Balaban J connectivity index is 1.10. The zero-order chi connectivity index (χ0) is 39.9. The summed E-state index contributed by atoms with van der Waals surface area (Å²) in [5.74, 6) is -2.62. The Morgan fingerprint density at radius 1 is 1.07 bits per heavy atom. The second-order valence-corrected chi connectivity index (χ2v) is 16.6. The number of aryl methyl sites for hydroxylation is 1. The van der Waals surface area contributed by atoms with Gasteiger partial charge in [0.1, 0.15) is 18.7 Å². The molecule has 3 fully saturated rings. The molecule has 1 saturated carbocycles. The van der Waals surface area contributed by atoms with E-state index < -0.39 is 34.4 Å². The number of anilines is 1. The van der Waals surface area contributed by atoms with Crippen LogP contribution < -0.4 is 10.9 Å². The molecule has 1 unspecified atom stereocenters. The molecule has 1 atom stereocenters. The lowest BCUT2D eigenvalue weighted by Crippen LogP contribution is -2.46. The number of nitrogens with zero attached hydrogens (tertiary/aromatic N) is 8. The van der Waals surface area contributed by atoms with Gasteiger partial charge in [0.25, 0.3) is 11.5 Å². The summed E-state index contributed by atoms with van der Waals surface area (Å²) < 4.78 is 33.8. The molecular formula is C40H39Cl2F2N9O4. The number of halogens is 4. The number of aromatic hydroxyl groups is 1. The third-order valence-electron chi connectivity index (χ3n) is 12.1. The monoisotopic (exact) mass is 817 g/mol. The van der Waals surface area contributed by atoms with Crippen molar-refractivity contribution in [3.8, 4) is 17.1 Å². The van der Waals surface area contributed by atoms with E-state index in [4.69, 9.17) is 23.2 Å². The average molecular weight is 819 g/mol. The lowest BCUT2D eigenvalue weighted by atomic mass is 9.73. The van der Waals surface area contributed by atoms with Crippen LogP contribution in [0.3, 0.4) is 0 Å². The molecule has 4 aliphatic rings. The number of aromatic nitrogens is 6. The van der Waals surface area contributed by atoms with Gasteiger partial charge in [0.2, 0.25) is 11.7 Å². The molecule has 57 heavy (non-hydrogen) atoms. The van der Waals surface area contributed by atoms with Crippen LogP contribution in [-0.4, -0.2) is 82.0 Å². The minimum atomic E-state index is -0.715. The Hall–Kier alpha value is -4.99. The maximum Gasteiger partial charge on any atom is 0.279 e. The van der Waals surface area contributed by atoms with Gasteiger partial charge in [0, 0.05) is 36.3 Å². The Kier molecular flexibility index (Phi) is 9.32. The van der Waals surface area contributed by atoms with Gasteiger partial charge < -0.3 is 19.9 Å². The molecule has 13 nitrogen and oxygen atoms in total. The first-order valence-corrected chi connectivity index (χ1v) is 19.9. The van der Waals surface area contributed by atoms with E-state index in [-0.39, 0.29) is 81.5 Å². The predicted octanol–water partition coefficient (Wildman–Crippen LogP) is 6.35. The summed E-state index contributed by atoms with van der Waals surface area (Å²) in [6.07, 6.45) is 5.41. The number of fused-ring (bicyclic) bond motifs is 3. The van der Waals surface area contributed by atoms with Crippen molar-refractivity contribution in [1.29, 1.82) is 0 Å². The van der Waals surface area contributed by atoms with Gasteiger partial charge >= 0.3 is 0 Å². The quantitative estimate of drug-likeness (QED) is 0.183. The summed E-state index contributed by atoms with van der Waals surface area (Å²) >= 11 is 13.1. The van der Waals surface area contributed by atoms with E-state index in [0.29, 0.717) is 48.2 Å². The van der Waals surface area contributed by atoms with Gasteiger partial charge in [0.05, 0.1) is 27.0 Å². The molecular weight excluding hydrogens is 779 g/mol. The lowest BCUT2D eigenvalue weighted by Gasteiger charge is -2.39. The Labute approximate surface area is 335 Å². The smallest absolute Gasteiger partial charge is 0.279 e. The fourth-order valence-electron chi connectivity index (χ4n) is 8.87. The van der Waals surface area contributed by atoms with Crippen LogP contribution in [-0.2, 0) is 23.3 Å². The van der Waals surface area contributed by atoms with Gasteiger partial charge in [-0.2, -0.15) is 9.50 Å². The maximum absolute atomic E-state index is 16.0. The molecule has 2 saturated heterocycles. The van der Waals surface area contributed by atoms with Crippen molar-refractivity contribution in [2.45, 2.75) is 82.7 Å². The molecule has 17 heteroatoms. The molecule has 3 aromatic heterocycles. The van der Waals surface area contributed by atoms with E-state index in [1.165, 1.54) is 12.4 Å². The average Bonchev–Trinajstić information content (AvgIpc) is 3.84. The van der Waals surface area contributed by atoms with Crippen LogP contribution in [0.5, 0.6) is 5.75 Å². The predicted molar refractivity (Wildman–Crippen MR) is 208 cm³/mol. The summed E-state index contributed by atoms with van der Waals surface area (Å²) in [5, 5.41) is 18.0. The van der Waals surface area contributed by atoms with Crippen molar-refractivity contribution in [3.05, 3.63) is 96.4 Å². The van der Waals surface area contributed by atoms with E-state index in [1.54, 1.807) is 34.6 Å². The number of likely N-dealkylation sites (tertiary alicyclic amines) is 2. The number of hydrogen-bond acceptors (Lipinski definition) is 9. The topological polar surface area (TPSA) is 151 Å². The molecule has 296 valence electrons. The fraction of sp³-hybridized carbons (Fsp3) is 0.425. The zero-order valence-corrected chi connectivity index (χ0v) is 32.8. The molecule has 2 aliphatic carbocycles. The van der Waals surface area contributed by atoms with Crippen LogP contribution in [0.2, 0.25) is 10.0 Å². The largest absolute Gasteiger partial charge is 0.504 e. The number of rotatable bonds is 8. The third kappa shape index (κ3) is 6.43. The second-order valence-electron chi connectivity index (χ2n) is 15.8. The fourth-order valence-corrected chi connectivity index (χ4v) is 9.31. The van der Waals surface area contributed by atoms with Crippen LogP contribution in [0.4, 0.5) is 14.5 Å². The molecule has 5 heterocycles. The van der Waals surface area contributed by atoms with Crippen molar-refractivity contribution in [2.75, 3.05) is 31.5 Å². The molecule has 2 aliphatic heterocycles. The normalized spacial score (nSPS) is 18.9. The standard InChI is InChI=1S/C40H39Cl2F2N9O4/c1-20-16-40(8-12-51(13-9-40)38(57)33-35(55)21(2)45-19-46-33)30-34(20)52(18-29(54)47-28-15-27(43)25(14-26(28)41)22-4-5-22)39-48-36(49-53(39)37(30)56)24-7-6-23(31(42)32(24)44)17-50-10-3-11-50/h6-7,14-15,19-20,22,55H,3-5,8-13,16-18H2,1-2H3,(H,47,54). The molecule has 2 aromatic carbocycles. The number of amides is 2. The summed E-state index contributed by atoms with van der Waals surface area (Å²) in [6.45, 7) is 6.05. The van der Waals surface area contributed by atoms with Crippen LogP contribution in [0.15, 0.2) is 35.4 Å². The van der Waals surface area contributed by atoms with E-state index in [1.807, 2.05) is 6.92 Å². The van der Waals surface area contributed by atoms with E-state index >= 15 is 8.78 Å². The van der Waals surface area contributed by atoms with Gasteiger partial charge in [-0.15, -0.1) is 5.10 Å². The number of nitrogens with one attached hydrogen (secondary N) is 1. The summed E-state index contributed by atoms with van der Waals surface area (Å²) in [7, 11) is 0. The van der Waals surface area contributed by atoms with Crippen LogP contribution >= 0.6 is 23.2 Å². The SMILES string of the molecule is Cc1ncnc(C(=O)N2CCC3(CC2)CC(C)c2c3c(=O)n3nc(-c4ccc(CN5CCC5)c(Cl)c4F)nc3n2CC(=O)Nc2cc(F)c(C3CC3)cc2Cl)c1O. The van der Waals surface area contributed by atoms with Gasteiger partial charge in [-0.05, 0) is 99.7 Å². The minimum Gasteiger partial charge on any atom is -0.504 e. The summed E-state index contributed by atoms with van der Waals surface area (Å²) in [5.41, 5.74) is 1.32.